The lowest BCUT2D eigenvalue weighted by atomic mass is 9.85. The number of nitrogens with zero attached hydrogens (tertiary/aromatic N) is 2. The Morgan fingerprint density at radius 1 is 0.872 bits per heavy atom. The van der Waals surface area contributed by atoms with Crippen LogP contribution in [0.1, 0.15) is 95.5 Å². The molecule has 0 spiro atoms. The number of hydrogen-bond donors (Lipinski definition) is 2. The summed E-state index contributed by atoms with van der Waals surface area (Å²) in [4.78, 5) is 46.2. The number of hydrogen-bond acceptors (Lipinski definition) is 6. The van der Waals surface area contributed by atoms with E-state index in [9.17, 15) is 14.4 Å². The van der Waals surface area contributed by atoms with Gasteiger partial charge >= 0.3 is 12.1 Å². The Morgan fingerprint density at radius 3 is 2.00 bits per heavy atom. The van der Waals surface area contributed by atoms with Crippen LogP contribution in [0.3, 0.4) is 0 Å². The Hall–Kier alpha value is -3.72. The topological polar surface area (TPSA) is 101 Å². The normalized spacial score (nSPS) is 13.6. The van der Waals surface area contributed by atoms with Crippen molar-refractivity contribution in [3.05, 3.63) is 87.9 Å². The van der Waals surface area contributed by atoms with Crippen LogP contribution in [0.4, 0.5) is 9.59 Å². The van der Waals surface area contributed by atoms with Gasteiger partial charge < -0.3 is 20.3 Å². The van der Waals surface area contributed by atoms with Gasteiger partial charge in [-0.3, -0.25) is 4.79 Å². The maximum absolute atomic E-state index is 13.9. The second-order valence-electron chi connectivity index (χ2n) is 14.2. The van der Waals surface area contributed by atoms with E-state index in [-0.39, 0.29) is 29.7 Å². The quantitative estimate of drug-likeness (QED) is 0.161. The van der Waals surface area contributed by atoms with E-state index in [0.29, 0.717) is 38.1 Å². The first-order valence-corrected chi connectivity index (χ1v) is 17.6. The number of thiazole rings is 1. The van der Waals surface area contributed by atoms with Crippen LogP contribution < -0.4 is 10.6 Å². The van der Waals surface area contributed by atoms with Crippen LogP contribution in [0.25, 0.3) is 0 Å². The number of urea groups is 1. The van der Waals surface area contributed by atoms with Gasteiger partial charge in [0.1, 0.15) is 5.60 Å². The zero-order chi connectivity index (χ0) is 34.6. The highest BCUT2D eigenvalue weighted by Crippen LogP contribution is 2.24. The average molecular weight is 663 g/mol. The second-order valence-corrected chi connectivity index (χ2v) is 15.1. The first kappa shape index (κ1) is 37.7. The number of ether oxygens (including phenoxy) is 1. The average Bonchev–Trinajstić information content (AvgIpc) is 3.47. The highest BCUT2D eigenvalue weighted by Gasteiger charge is 2.29. The molecule has 0 saturated heterocycles. The van der Waals surface area contributed by atoms with Crippen molar-refractivity contribution in [3.8, 4) is 0 Å². The highest BCUT2D eigenvalue weighted by molar-refractivity contribution is 7.09. The largest absolute Gasteiger partial charge is 0.444 e. The van der Waals surface area contributed by atoms with E-state index < -0.39 is 17.7 Å². The van der Waals surface area contributed by atoms with Crippen molar-refractivity contribution in [2.45, 2.75) is 111 Å². The van der Waals surface area contributed by atoms with Crippen LogP contribution in [0.5, 0.6) is 0 Å². The molecule has 0 aliphatic rings. The summed E-state index contributed by atoms with van der Waals surface area (Å²) in [6.45, 7) is 14.1. The summed E-state index contributed by atoms with van der Waals surface area (Å²) in [5, 5.41) is 9.14. The molecule has 3 aromatic rings. The lowest BCUT2D eigenvalue weighted by molar-refractivity contribution is -0.122. The number of carbonyl (C=O) groups excluding carboxylic acids is 3. The summed E-state index contributed by atoms with van der Waals surface area (Å²) < 4.78 is 5.58. The number of aromatic nitrogens is 1. The molecule has 0 bridgehead atoms. The molecule has 3 amide bonds. The van der Waals surface area contributed by atoms with Crippen LogP contribution in [0, 0.1) is 11.8 Å². The van der Waals surface area contributed by atoms with Gasteiger partial charge in [-0.2, -0.15) is 0 Å². The lowest BCUT2D eigenvalue weighted by Gasteiger charge is -2.28. The Morgan fingerprint density at radius 2 is 1.47 bits per heavy atom. The van der Waals surface area contributed by atoms with Crippen molar-refractivity contribution in [2.24, 2.45) is 11.8 Å². The third-order valence-corrected chi connectivity index (χ3v) is 9.12. The van der Waals surface area contributed by atoms with E-state index >= 15 is 0 Å². The molecule has 2 N–H and O–H groups in total. The number of amides is 3. The van der Waals surface area contributed by atoms with Gasteiger partial charge in [0.2, 0.25) is 0 Å². The summed E-state index contributed by atoms with van der Waals surface area (Å²) in [6.07, 6.45) is 2.63. The van der Waals surface area contributed by atoms with Gasteiger partial charge in [-0.1, -0.05) is 88.4 Å². The monoisotopic (exact) mass is 662 g/mol. The van der Waals surface area contributed by atoms with Crippen LogP contribution in [-0.2, 0) is 28.9 Å². The molecule has 0 unspecified atom stereocenters. The number of nitrogens with one attached hydrogen (secondary N) is 2. The zero-order valence-corrected chi connectivity index (χ0v) is 30.2. The summed E-state index contributed by atoms with van der Waals surface area (Å²) in [5.41, 5.74) is 2.51. The van der Waals surface area contributed by atoms with E-state index in [4.69, 9.17) is 4.74 Å². The molecule has 47 heavy (non-hydrogen) atoms. The van der Waals surface area contributed by atoms with Crippen molar-refractivity contribution >= 4 is 29.2 Å². The first-order valence-electron chi connectivity index (χ1n) is 16.8. The molecule has 0 aliphatic heterocycles. The molecule has 3 rings (SSSR count). The molecule has 0 saturated carbocycles. The Labute approximate surface area is 285 Å². The maximum Gasteiger partial charge on any atom is 0.407 e. The minimum atomic E-state index is -0.620. The number of ketones is 1. The van der Waals surface area contributed by atoms with Gasteiger partial charge in [-0.15, -0.1) is 11.3 Å². The fraction of sp³-hybridized carbons (Fsp3) is 0.526. The molecule has 9 heteroatoms. The predicted octanol–water partition coefficient (Wildman–Crippen LogP) is 8.17. The summed E-state index contributed by atoms with van der Waals surface area (Å²) in [5.74, 6) is 0.284. The van der Waals surface area contributed by atoms with Gasteiger partial charge in [0, 0.05) is 30.8 Å². The van der Waals surface area contributed by atoms with Crippen molar-refractivity contribution in [3.63, 3.8) is 0 Å². The highest BCUT2D eigenvalue weighted by atomic mass is 32.1. The van der Waals surface area contributed by atoms with Crippen molar-refractivity contribution in [1.29, 1.82) is 0 Å². The van der Waals surface area contributed by atoms with Crippen LogP contribution in [0.15, 0.2) is 66.0 Å². The zero-order valence-electron chi connectivity index (χ0n) is 29.4. The molecule has 256 valence electrons. The van der Waals surface area contributed by atoms with Gasteiger partial charge in [0.25, 0.3) is 0 Å². The number of carbonyl (C=O) groups is 3. The van der Waals surface area contributed by atoms with E-state index in [1.807, 2.05) is 76.4 Å². The predicted molar refractivity (Wildman–Crippen MR) is 191 cm³/mol. The van der Waals surface area contributed by atoms with Gasteiger partial charge in [0.15, 0.2) is 5.78 Å². The maximum atomic E-state index is 13.9. The molecule has 1 aromatic heterocycles. The van der Waals surface area contributed by atoms with E-state index in [0.717, 1.165) is 28.2 Å². The summed E-state index contributed by atoms with van der Waals surface area (Å²) in [6, 6.07) is 19.2. The van der Waals surface area contributed by atoms with Gasteiger partial charge in [-0.05, 0) is 69.4 Å². The van der Waals surface area contributed by atoms with Crippen LogP contribution in [0.2, 0.25) is 0 Å². The molecule has 1 heterocycles. The van der Waals surface area contributed by atoms with E-state index in [1.165, 1.54) is 0 Å². The summed E-state index contributed by atoms with van der Waals surface area (Å²) in [7, 11) is 1.73. The Kier molecular flexibility index (Phi) is 14.4. The summed E-state index contributed by atoms with van der Waals surface area (Å²) >= 11 is 1.60. The molecule has 0 fully saturated rings. The number of benzene rings is 2. The number of Topliss-reactive ketones (excluding diaryl/α,β-unsaturated/α-hetero) is 1. The standard InChI is InChI=1S/C38H54N4O4S/c1-26(2)34(41-36(44)42(8)24-32-25-47-35(39-32)27(3)4)33(43)23-30(21-28-15-11-9-12-16-28)19-20-31(22-29-17-13-10-14-18-29)40-37(45)46-38(5,6)7/h9-18,25-27,30-31,34H,19-24H2,1-8H3,(H,40,45)(H,41,44)/t30-,31-,34+/m1/s1. The SMILES string of the molecule is CC(C)c1nc(CN(C)C(=O)N[C@H](C(=O)C[C@H](CC[C@H](Cc2ccccc2)NC(=O)OC(C)(C)C)Cc2ccccc2)C(C)C)cs1. The van der Waals surface area contributed by atoms with E-state index in [2.05, 4.69) is 53.7 Å². The van der Waals surface area contributed by atoms with Crippen molar-refractivity contribution < 1.29 is 19.1 Å². The fourth-order valence-corrected chi connectivity index (χ4v) is 6.33. The van der Waals surface area contributed by atoms with Gasteiger partial charge in [-0.25, -0.2) is 14.6 Å². The minimum absolute atomic E-state index is 0.0122. The third-order valence-electron chi connectivity index (χ3n) is 7.93. The molecule has 3 atom stereocenters. The molecule has 8 nitrogen and oxygen atoms in total. The molecule has 0 radical (unpaired) electrons. The van der Waals surface area contributed by atoms with Gasteiger partial charge in [0.05, 0.1) is 23.3 Å². The Balaban J connectivity index is 1.72. The Bertz CT molecular complexity index is 1400. The van der Waals surface area contributed by atoms with E-state index in [1.54, 1.807) is 23.3 Å². The molecule has 0 aliphatic carbocycles. The second kappa shape index (κ2) is 18.0. The molecular formula is C38H54N4O4S. The number of rotatable bonds is 16. The lowest BCUT2D eigenvalue weighted by Crippen LogP contribution is -2.49. The minimum Gasteiger partial charge on any atom is -0.444 e. The first-order chi connectivity index (χ1) is 22.2. The van der Waals surface area contributed by atoms with Crippen LogP contribution >= 0.6 is 11.3 Å². The molecule has 2 aromatic carbocycles. The fourth-order valence-electron chi connectivity index (χ4n) is 5.51. The number of alkyl carbamates (subject to hydrolysis) is 1. The van der Waals surface area contributed by atoms with Crippen LogP contribution in [-0.4, -0.2) is 52.5 Å². The van der Waals surface area contributed by atoms with Crippen molar-refractivity contribution in [1.82, 2.24) is 20.5 Å². The smallest absolute Gasteiger partial charge is 0.407 e. The third kappa shape index (κ3) is 13.5. The van der Waals surface area contributed by atoms with Crippen molar-refractivity contribution in [2.75, 3.05) is 7.05 Å². The molecular weight excluding hydrogens is 609 g/mol.